The van der Waals surface area contributed by atoms with Crippen LogP contribution in [0.2, 0.25) is 0 Å². The van der Waals surface area contributed by atoms with Gasteiger partial charge in [0.15, 0.2) is 0 Å². The number of aliphatic hydroxyl groups excluding tert-OH is 1. The summed E-state index contributed by atoms with van der Waals surface area (Å²) in [6, 6.07) is 10.2. The zero-order valence-electron chi connectivity index (χ0n) is 7.61. The molecule has 2 heteroatoms. The van der Waals surface area contributed by atoms with Gasteiger partial charge in [0.1, 0.15) is 0 Å². The van der Waals surface area contributed by atoms with E-state index in [1.807, 2.05) is 18.2 Å². The number of hydrogen-bond acceptors (Lipinski definition) is 2. The number of aliphatic hydroxyl groups is 1. The molecule has 1 aliphatic rings. The largest absolute Gasteiger partial charge is 0.391 e. The molecule has 13 heavy (non-hydrogen) atoms. The molecular formula is C11H15NO. The van der Waals surface area contributed by atoms with Gasteiger partial charge < -0.3 is 10.8 Å². The van der Waals surface area contributed by atoms with Crippen LogP contribution in [0.3, 0.4) is 0 Å². The molecule has 1 saturated carbocycles. The predicted octanol–water partition coefficient (Wildman–Crippen LogP) is 1.04. The van der Waals surface area contributed by atoms with Crippen molar-refractivity contribution in [2.75, 3.05) is 6.54 Å². The van der Waals surface area contributed by atoms with E-state index in [2.05, 4.69) is 12.1 Å². The quantitative estimate of drug-likeness (QED) is 0.724. The van der Waals surface area contributed by atoms with Crippen molar-refractivity contribution in [1.29, 1.82) is 0 Å². The van der Waals surface area contributed by atoms with Gasteiger partial charge in [-0.1, -0.05) is 30.3 Å². The van der Waals surface area contributed by atoms with Gasteiger partial charge in [-0.15, -0.1) is 0 Å². The fraction of sp³-hybridized carbons (Fsp3) is 0.455. The summed E-state index contributed by atoms with van der Waals surface area (Å²) in [5, 5.41) is 9.78. The normalized spacial score (nSPS) is 21.1. The Kier molecular flexibility index (Phi) is 2.10. The van der Waals surface area contributed by atoms with Gasteiger partial charge in [-0.3, -0.25) is 0 Å². The van der Waals surface area contributed by atoms with Gasteiger partial charge >= 0.3 is 0 Å². The van der Waals surface area contributed by atoms with Gasteiger partial charge in [0.05, 0.1) is 6.10 Å². The molecule has 0 aromatic heterocycles. The maximum atomic E-state index is 9.78. The third-order valence-electron chi connectivity index (χ3n) is 3.00. The molecule has 1 unspecified atom stereocenters. The van der Waals surface area contributed by atoms with Crippen molar-refractivity contribution in [3.05, 3.63) is 35.9 Å². The molecule has 1 aromatic carbocycles. The summed E-state index contributed by atoms with van der Waals surface area (Å²) >= 11 is 0. The SMILES string of the molecule is NCC(O)C1(c2ccccc2)CC1. The molecular weight excluding hydrogens is 162 g/mol. The number of hydrogen-bond donors (Lipinski definition) is 2. The van der Waals surface area contributed by atoms with Crippen molar-refractivity contribution in [3.8, 4) is 0 Å². The van der Waals surface area contributed by atoms with E-state index < -0.39 is 0 Å². The first-order valence-electron chi connectivity index (χ1n) is 4.73. The first-order valence-corrected chi connectivity index (χ1v) is 4.73. The highest BCUT2D eigenvalue weighted by Gasteiger charge is 2.49. The van der Waals surface area contributed by atoms with Crippen LogP contribution < -0.4 is 5.73 Å². The molecule has 70 valence electrons. The fourth-order valence-electron chi connectivity index (χ4n) is 1.94. The van der Waals surface area contributed by atoms with E-state index in [9.17, 15) is 5.11 Å². The van der Waals surface area contributed by atoms with Gasteiger partial charge in [-0.2, -0.15) is 0 Å². The van der Waals surface area contributed by atoms with Crippen LogP contribution in [0.15, 0.2) is 30.3 Å². The first-order chi connectivity index (χ1) is 6.29. The summed E-state index contributed by atoms with van der Waals surface area (Å²) in [6.07, 6.45) is 1.75. The minimum Gasteiger partial charge on any atom is -0.391 e. The van der Waals surface area contributed by atoms with E-state index in [1.165, 1.54) is 5.56 Å². The number of nitrogens with two attached hydrogens (primary N) is 1. The zero-order chi connectivity index (χ0) is 9.31. The van der Waals surface area contributed by atoms with Crippen LogP contribution in [0.4, 0.5) is 0 Å². The molecule has 1 aliphatic carbocycles. The molecule has 2 nitrogen and oxygen atoms in total. The topological polar surface area (TPSA) is 46.2 Å². The Bertz CT molecular complexity index is 279. The summed E-state index contributed by atoms with van der Waals surface area (Å²) < 4.78 is 0. The van der Waals surface area contributed by atoms with Gasteiger partial charge in [-0.25, -0.2) is 0 Å². The van der Waals surface area contributed by atoms with Gasteiger partial charge in [-0.05, 0) is 18.4 Å². The average Bonchev–Trinajstić information content (AvgIpc) is 2.99. The lowest BCUT2D eigenvalue weighted by atomic mass is 9.90. The minimum atomic E-state index is -0.380. The Morgan fingerprint density at radius 1 is 1.31 bits per heavy atom. The lowest BCUT2D eigenvalue weighted by Gasteiger charge is -2.21. The summed E-state index contributed by atoms with van der Waals surface area (Å²) in [5.41, 5.74) is 6.70. The van der Waals surface area contributed by atoms with E-state index in [0.717, 1.165) is 12.8 Å². The zero-order valence-corrected chi connectivity index (χ0v) is 7.61. The summed E-state index contributed by atoms with van der Waals surface area (Å²) in [5.74, 6) is 0. The molecule has 0 radical (unpaired) electrons. The van der Waals surface area contributed by atoms with Crippen molar-refractivity contribution in [1.82, 2.24) is 0 Å². The van der Waals surface area contributed by atoms with Gasteiger partial charge in [0, 0.05) is 12.0 Å². The molecule has 0 amide bonds. The number of benzene rings is 1. The summed E-state index contributed by atoms with van der Waals surface area (Å²) in [7, 11) is 0. The third kappa shape index (κ3) is 1.36. The highest BCUT2D eigenvalue weighted by atomic mass is 16.3. The molecule has 0 heterocycles. The fourth-order valence-corrected chi connectivity index (χ4v) is 1.94. The smallest absolute Gasteiger partial charge is 0.0758 e. The molecule has 0 bridgehead atoms. The summed E-state index contributed by atoms with van der Waals surface area (Å²) in [6.45, 7) is 0.356. The third-order valence-corrected chi connectivity index (χ3v) is 3.00. The molecule has 0 aliphatic heterocycles. The molecule has 2 rings (SSSR count). The van der Waals surface area contributed by atoms with Gasteiger partial charge in [0.2, 0.25) is 0 Å². The average molecular weight is 177 g/mol. The van der Waals surface area contributed by atoms with Gasteiger partial charge in [0.25, 0.3) is 0 Å². The molecule has 1 fully saturated rings. The Morgan fingerprint density at radius 3 is 2.38 bits per heavy atom. The summed E-state index contributed by atoms with van der Waals surface area (Å²) in [4.78, 5) is 0. The van der Waals surface area contributed by atoms with Crippen molar-refractivity contribution < 1.29 is 5.11 Å². The van der Waals surface area contributed by atoms with Crippen LogP contribution >= 0.6 is 0 Å². The Hall–Kier alpha value is -0.860. The highest BCUT2D eigenvalue weighted by molar-refractivity contribution is 5.33. The van der Waals surface area contributed by atoms with E-state index in [4.69, 9.17) is 5.73 Å². The van der Waals surface area contributed by atoms with E-state index >= 15 is 0 Å². The van der Waals surface area contributed by atoms with Crippen LogP contribution in [0.5, 0.6) is 0 Å². The molecule has 3 N–H and O–H groups in total. The van der Waals surface area contributed by atoms with Crippen LogP contribution in [-0.2, 0) is 5.41 Å². The lowest BCUT2D eigenvalue weighted by molar-refractivity contribution is 0.139. The predicted molar refractivity (Wildman–Crippen MR) is 52.4 cm³/mol. The Balaban J connectivity index is 2.26. The monoisotopic (exact) mass is 177 g/mol. The molecule has 1 aromatic rings. The molecule has 0 spiro atoms. The van der Waals surface area contributed by atoms with Crippen molar-refractivity contribution in [2.45, 2.75) is 24.4 Å². The number of rotatable bonds is 3. The second-order valence-electron chi connectivity index (χ2n) is 3.77. The highest BCUT2D eigenvalue weighted by Crippen LogP contribution is 2.50. The maximum Gasteiger partial charge on any atom is 0.0758 e. The first kappa shape index (κ1) is 8.73. The maximum absolute atomic E-state index is 9.78. The van der Waals surface area contributed by atoms with E-state index in [1.54, 1.807) is 0 Å². The van der Waals surface area contributed by atoms with Crippen LogP contribution in [0.25, 0.3) is 0 Å². The second kappa shape index (κ2) is 3.13. The standard InChI is InChI=1S/C11H15NO/c12-8-10(13)11(6-7-11)9-4-2-1-3-5-9/h1-5,10,13H,6-8,12H2. The minimum absolute atomic E-state index is 0.0178. The van der Waals surface area contributed by atoms with Crippen LogP contribution in [0, 0.1) is 0 Å². The molecule has 0 saturated heterocycles. The van der Waals surface area contributed by atoms with Crippen molar-refractivity contribution in [2.24, 2.45) is 5.73 Å². The van der Waals surface area contributed by atoms with Crippen LogP contribution in [0.1, 0.15) is 18.4 Å². The molecule has 1 atom stereocenters. The van der Waals surface area contributed by atoms with Crippen LogP contribution in [-0.4, -0.2) is 17.8 Å². The Morgan fingerprint density at radius 2 is 1.92 bits per heavy atom. The second-order valence-corrected chi connectivity index (χ2v) is 3.77. The Labute approximate surface area is 78.4 Å². The van der Waals surface area contributed by atoms with Crippen molar-refractivity contribution in [3.63, 3.8) is 0 Å². The lowest BCUT2D eigenvalue weighted by Crippen LogP contribution is -2.33. The van der Waals surface area contributed by atoms with E-state index in [0.29, 0.717) is 6.54 Å². The van der Waals surface area contributed by atoms with Crippen molar-refractivity contribution >= 4 is 0 Å². The van der Waals surface area contributed by atoms with E-state index in [-0.39, 0.29) is 11.5 Å².